The molecule has 0 aliphatic heterocycles. The molecule has 5 nitrogen and oxygen atoms in total. The molecule has 0 spiro atoms. The number of benzene rings is 1. The van der Waals surface area contributed by atoms with Gasteiger partial charge in [0.1, 0.15) is 0 Å². The molecule has 0 bridgehead atoms. The maximum atomic E-state index is 11.9. The summed E-state index contributed by atoms with van der Waals surface area (Å²) in [6, 6.07) is 6.76. The lowest BCUT2D eigenvalue weighted by Gasteiger charge is -2.17. The zero-order valence-corrected chi connectivity index (χ0v) is 13.6. The largest absolute Gasteiger partial charge is 0.481 e. The second-order valence-corrected chi connectivity index (χ2v) is 5.64. The minimum atomic E-state index is -0.942. The van der Waals surface area contributed by atoms with E-state index in [-0.39, 0.29) is 12.3 Å². The summed E-state index contributed by atoms with van der Waals surface area (Å²) in [5.74, 6) is -1.08. The zero-order chi connectivity index (χ0) is 15.7. The summed E-state index contributed by atoms with van der Waals surface area (Å²) in [5, 5.41) is 11.8. The lowest BCUT2D eigenvalue weighted by Crippen LogP contribution is -2.30. The summed E-state index contributed by atoms with van der Waals surface area (Å²) in [4.78, 5) is 22.8. The number of carbonyl (C=O) groups is 2. The highest BCUT2D eigenvalue weighted by Gasteiger charge is 2.17. The number of carboxylic acid groups (broad SMARTS) is 1. The van der Waals surface area contributed by atoms with Gasteiger partial charge in [-0.2, -0.15) is 0 Å². The predicted molar refractivity (Wildman–Crippen MR) is 83.0 cm³/mol. The normalized spacial score (nSPS) is 11.9. The third kappa shape index (κ3) is 7.24. The van der Waals surface area contributed by atoms with Crippen LogP contribution in [0.15, 0.2) is 28.7 Å². The molecule has 1 atom stereocenters. The number of carboxylic acids is 1. The monoisotopic (exact) mass is 357 g/mol. The molecule has 1 aromatic rings. The van der Waals surface area contributed by atoms with Crippen molar-refractivity contribution in [2.24, 2.45) is 0 Å². The van der Waals surface area contributed by atoms with E-state index in [1.807, 2.05) is 24.3 Å². The lowest BCUT2D eigenvalue weighted by molar-refractivity contribution is -0.137. The van der Waals surface area contributed by atoms with Crippen molar-refractivity contribution >= 4 is 27.8 Å². The Hall–Kier alpha value is -1.40. The number of rotatable bonds is 9. The maximum Gasteiger partial charge on any atom is 0.305 e. The number of nitrogens with one attached hydrogen (secondary N) is 1. The summed E-state index contributed by atoms with van der Waals surface area (Å²) in [6.07, 6.45) is 1.77. The molecule has 21 heavy (non-hydrogen) atoms. The molecule has 0 aliphatic carbocycles. The molecule has 6 heteroatoms. The molecule has 1 aromatic carbocycles. The average molecular weight is 358 g/mol. The van der Waals surface area contributed by atoms with Crippen LogP contribution in [0.25, 0.3) is 0 Å². The van der Waals surface area contributed by atoms with Crippen LogP contribution in [0.2, 0.25) is 0 Å². The fourth-order valence-electron chi connectivity index (χ4n) is 1.92. The van der Waals surface area contributed by atoms with Gasteiger partial charge in [0.25, 0.3) is 0 Å². The van der Waals surface area contributed by atoms with Gasteiger partial charge in [-0.15, -0.1) is 0 Å². The Labute approximate surface area is 132 Å². The molecule has 1 unspecified atom stereocenters. The van der Waals surface area contributed by atoms with Crippen molar-refractivity contribution in [2.75, 3.05) is 13.7 Å². The van der Waals surface area contributed by atoms with Gasteiger partial charge in [0.05, 0.1) is 12.5 Å². The first-order valence-corrected chi connectivity index (χ1v) is 7.57. The summed E-state index contributed by atoms with van der Waals surface area (Å²) in [7, 11) is 1.62. The van der Waals surface area contributed by atoms with Gasteiger partial charge in [-0.3, -0.25) is 9.59 Å². The van der Waals surface area contributed by atoms with Gasteiger partial charge < -0.3 is 15.2 Å². The Kier molecular flexibility index (Phi) is 8.00. The molecule has 0 aromatic heterocycles. The molecule has 2 N–H and O–H groups in total. The second-order valence-electron chi connectivity index (χ2n) is 4.72. The van der Waals surface area contributed by atoms with Crippen LogP contribution >= 0.6 is 15.9 Å². The standard InChI is InChI=1S/C15H20BrNO4/c1-21-9-3-2-4-14(18)17-13(10-15(19)20)11-5-7-12(16)8-6-11/h5-8,13H,2-4,9-10H2,1H3,(H,17,18)(H,19,20). The maximum absolute atomic E-state index is 11.9. The van der Waals surface area contributed by atoms with Crippen molar-refractivity contribution < 1.29 is 19.4 Å². The number of unbranched alkanes of at least 4 members (excludes halogenated alkanes) is 1. The number of halogens is 1. The number of methoxy groups -OCH3 is 1. The zero-order valence-electron chi connectivity index (χ0n) is 12.0. The third-order valence-corrected chi connectivity index (χ3v) is 3.52. The van der Waals surface area contributed by atoms with Crippen molar-refractivity contribution in [3.63, 3.8) is 0 Å². The molecule has 0 saturated heterocycles. The molecule has 1 rings (SSSR count). The van der Waals surface area contributed by atoms with Crippen molar-refractivity contribution in [3.8, 4) is 0 Å². The summed E-state index contributed by atoms with van der Waals surface area (Å²) >= 11 is 3.33. The number of amides is 1. The SMILES string of the molecule is COCCCCC(=O)NC(CC(=O)O)c1ccc(Br)cc1. The van der Waals surface area contributed by atoms with Gasteiger partial charge in [0.15, 0.2) is 0 Å². The predicted octanol–water partition coefficient (Wildman–Crippen LogP) is 2.90. The van der Waals surface area contributed by atoms with Crippen LogP contribution in [-0.4, -0.2) is 30.7 Å². The van der Waals surface area contributed by atoms with Crippen LogP contribution in [0.3, 0.4) is 0 Å². The van der Waals surface area contributed by atoms with E-state index in [0.29, 0.717) is 13.0 Å². The van der Waals surface area contributed by atoms with Crippen LogP contribution in [0.5, 0.6) is 0 Å². The van der Waals surface area contributed by atoms with Crippen LogP contribution in [0.1, 0.15) is 37.3 Å². The van der Waals surface area contributed by atoms with E-state index in [4.69, 9.17) is 9.84 Å². The lowest BCUT2D eigenvalue weighted by atomic mass is 10.0. The average Bonchev–Trinajstić information content (AvgIpc) is 2.43. The first-order chi connectivity index (χ1) is 10.0. The summed E-state index contributed by atoms with van der Waals surface area (Å²) < 4.78 is 5.83. The van der Waals surface area contributed by atoms with Crippen molar-refractivity contribution in [1.82, 2.24) is 5.32 Å². The van der Waals surface area contributed by atoms with Gasteiger partial charge in [-0.05, 0) is 30.5 Å². The summed E-state index contributed by atoms with van der Waals surface area (Å²) in [5.41, 5.74) is 0.783. The number of hydrogen-bond donors (Lipinski definition) is 2. The van der Waals surface area contributed by atoms with Crippen molar-refractivity contribution in [2.45, 2.75) is 31.7 Å². The molecule has 0 fully saturated rings. The van der Waals surface area contributed by atoms with E-state index in [1.54, 1.807) is 7.11 Å². The van der Waals surface area contributed by atoms with Crippen LogP contribution in [-0.2, 0) is 14.3 Å². The van der Waals surface area contributed by atoms with Crippen LogP contribution in [0, 0.1) is 0 Å². The van der Waals surface area contributed by atoms with E-state index in [0.717, 1.165) is 22.9 Å². The molecule has 1 amide bonds. The minimum absolute atomic E-state index is 0.133. The van der Waals surface area contributed by atoms with Gasteiger partial charge >= 0.3 is 5.97 Å². The number of aliphatic carboxylic acids is 1. The van der Waals surface area contributed by atoms with Gasteiger partial charge in [-0.1, -0.05) is 28.1 Å². The Morgan fingerprint density at radius 2 is 1.95 bits per heavy atom. The fourth-order valence-corrected chi connectivity index (χ4v) is 2.18. The van der Waals surface area contributed by atoms with Gasteiger partial charge in [0.2, 0.25) is 5.91 Å². The smallest absolute Gasteiger partial charge is 0.305 e. The van der Waals surface area contributed by atoms with E-state index < -0.39 is 12.0 Å². The van der Waals surface area contributed by atoms with Crippen molar-refractivity contribution in [3.05, 3.63) is 34.3 Å². The Bertz CT molecular complexity index is 461. The van der Waals surface area contributed by atoms with E-state index in [1.165, 1.54) is 0 Å². The molecule has 116 valence electrons. The molecular weight excluding hydrogens is 338 g/mol. The minimum Gasteiger partial charge on any atom is -0.481 e. The van der Waals surface area contributed by atoms with Crippen LogP contribution < -0.4 is 5.32 Å². The summed E-state index contributed by atoms with van der Waals surface area (Å²) in [6.45, 7) is 0.624. The molecular formula is C15H20BrNO4. The fraction of sp³-hybridized carbons (Fsp3) is 0.467. The molecule has 0 saturated carbocycles. The van der Waals surface area contributed by atoms with Gasteiger partial charge in [0, 0.05) is 24.6 Å². The van der Waals surface area contributed by atoms with Gasteiger partial charge in [-0.25, -0.2) is 0 Å². The van der Waals surface area contributed by atoms with Crippen LogP contribution in [0.4, 0.5) is 0 Å². The quantitative estimate of drug-likeness (QED) is 0.666. The van der Waals surface area contributed by atoms with Crippen molar-refractivity contribution in [1.29, 1.82) is 0 Å². The van der Waals surface area contributed by atoms with E-state index in [9.17, 15) is 9.59 Å². The highest BCUT2D eigenvalue weighted by atomic mass is 79.9. The number of carbonyl (C=O) groups excluding carboxylic acids is 1. The topological polar surface area (TPSA) is 75.6 Å². The van der Waals surface area contributed by atoms with E-state index in [2.05, 4.69) is 21.2 Å². The highest BCUT2D eigenvalue weighted by Crippen LogP contribution is 2.20. The second kappa shape index (κ2) is 9.52. The molecule has 0 aliphatic rings. The third-order valence-electron chi connectivity index (χ3n) is 2.99. The molecule has 0 heterocycles. The Morgan fingerprint density at radius 3 is 2.52 bits per heavy atom. The highest BCUT2D eigenvalue weighted by molar-refractivity contribution is 9.10. The first-order valence-electron chi connectivity index (χ1n) is 6.78. The Balaban J connectivity index is 2.59. The van der Waals surface area contributed by atoms with E-state index >= 15 is 0 Å². The molecule has 0 radical (unpaired) electrons. The Morgan fingerprint density at radius 1 is 1.29 bits per heavy atom. The number of hydrogen-bond acceptors (Lipinski definition) is 3. The number of ether oxygens (including phenoxy) is 1. The first kappa shape index (κ1) is 17.7.